The monoisotopic (exact) mass is 236 g/mol. The Hall–Kier alpha value is -0.410. The summed E-state index contributed by atoms with van der Waals surface area (Å²) in [6, 6.07) is 0. The van der Waals surface area contributed by atoms with Crippen molar-refractivity contribution in [3.8, 4) is 0 Å². The molecule has 0 amide bonds. The third-order valence-corrected chi connectivity index (χ3v) is 5.44. The molecular formula is C13H20N2S. The lowest BCUT2D eigenvalue weighted by Crippen LogP contribution is -2.34. The van der Waals surface area contributed by atoms with Gasteiger partial charge in [0.15, 0.2) is 0 Å². The second-order valence-electron chi connectivity index (χ2n) is 6.24. The van der Waals surface area contributed by atoms with Crippen LogP contribution in [-0.4, -0.2) is 4.98 Å². The van der Waals surface area contributed by atoms with E-state index >= 15 is 0 Å². The third-order valence-electron chi connectivity index (χ3n) is 4.06. The summed E-state index contributed by atoms with van der Waals surface area (Å²) < 4.78 is 0. The van der Waals surface area contributed by atoms with Crippen LogP contribution in [0.2, 0.25) is 0 Å². The van der Waals surface area contributed by atoms with E-state index < -0.39 is 0 Å². The van der Waals surface area contributed by atoms with Crippen molar-refractivity contribution in [2.45, 2.75) is 57.9 Å². The zero-order valence-electron chi connectivity index (χ0n) is 10.2. The highest BCUT2D eigenvalue weighted by Crippen LogP contribution is 2.49. The molecule has 0 saturated heterocycles. The lowest BCUT2D eigenvalue weighted by atomic mass is 9.88. The number of thiazole rings is 1. The largest absolute Gasteiger partial charge is 0.319 e. The molecule has 1 fully saturated rings. The molecule has 1 unspecified atom stereocenters. The smallest absolute Gasteiger partial charge is 0.113 e. The van der Waals surface area contributed by atoms with Crippen LogP contribution < -0.4 is 5.73 Å². The number of aryl methyl sites for hydroxylation is 2. The van der Waals surface area contributed by atoms with Crippen LogP contribution in [-0.2, 0) is 18.4 Å². The first-order chi connectivity index (χ1) is 7.49. The van der Waals surface area contributed by atoms with Crippen molar-refractivity contribution in [3.05, 3.63) is 15.6 Å². The van der Waals surface area contributed by atoms with Crippen molar-refractivity contribution in [2.24, 2.45) is 11.1 Å². The van der Waals surface area contributed by atoms with E-state index in [1.54, 1.807) is 0 Å². The zero-order valence-corrected chi connectivity index (χ0v) is 11.0. The van der Waals surface area contributed by atoms with E-state index in [1.165, 1.54) is 41.3 Å². The Morgan fingerprint density at radius 3 is 2.69 bits per heavy atom. The fourth-order valence-corrected chi connectivity index (χ4v) is 4.46. The van der Waals surface area contributed by atoms with Gasteiger partial charge in [-0.15, -0.1) is 11.3 Å². The van der Waals surface area contributed by atoms with E-state index in [9.17, 15) is 0 Å². The van der Waals surface area contributed by atoms with Crippen LogP contribution in [0.15, 0.2) is 0 Å². The summed E-state index contributed by atoms with van der Waals surface area (Å²) >= 11 is 1.88. The number of rotatable bonds is 1. The summed E-state index contributed by atoms with van der Waals surface area (Å²) in [5, 5.41) is 1.21. The number of fused-ring (bicyclic) bond motifs is 1. The summed E-state index contributed by atoms with van der Waals surface area (Å²) in [6.07, 6.45) is 7.11. The lowest BCUT2D eigenvalue weighted by molar-refractivity contribution is 0.339. The van der Waals surface area contributed by atoms with E-state index in [0.29, 0.717) is 5.41 Å². The Labute approximate surface area is 101 Å². The molecule has 2 aliphatic rings. The van der Waals surface area contributed by atoms with Crippen LogP contribution >= 0.6 is 11.3 Å². The maximum Gasteiger partial charge on any atom is 0.113 e. The highest BCUT2D eigenvalue weighted by Gasteiger charge is 2.44. The first kappa shape index (κ1) is 10.7. The van der Waals surface area contributed by atoms with E-state index in [1.807, 2.05) is 11.3 Å². The van der Waals surface area contributed by atoms with E-state index in [-0.39, 0.29) is 5.54 Å². The number of hydrogen-bond donors (Lipinski definition) is 1. The van der Waals surface area contributed by atoms with Gasteiger partial charge >= 0.3 is 0 Å². The van der Waals surface area contributed by atoms with Crippen molar-refractivity contribution < 1.29 is 0 Å². The zero-order chi connectivity index (χ0) is 11.4. The van der Waals surface area contributed by atoms with Crippen molar-refractivity contribution in [1.82, 2.24) is 4.98 Å². The highest BCUT2D eigenvalue weighted by atomic mass is 32.1. The Morgan fingerprint density at radius 2 is 2.06 bits per heavy atom. The van der Waals surface area contributed by atoms with Crippen LogP contribution in [0.1, 0.15) is 55.1 Å². The number of hydrogen-bond acceptors (Lipinski definition) is 3. The van der Waals surface area contributed by atoms with Gasteiger partial charge in [-0.25, -0.2) is 4.98 Å². The molecule has 1 heterocycles. The van der Waals surface area contributed by atoms with Gasteiger partial charge in [0.1, 0.15) is 5.01 Å². The minimum Gasteiger partial charge on any atom is -0.319 e. The molecule has 2 nitrogen and oxygen atoms in total. The molecule has 0 aliphatic heterocycles. The second-order valence-corrected chi connectivity index (χ2v) is 7.32. The Kier molecular flexibility index (Phi) is 2.21. The van der Waals surface area contributed by atoms with Gasteiger partial charge in [0, 0.05) is 4.88 Å². The van der Waals surface area contributed by atoms with Crippen molar-refractivity contribution >= 4 is 11.3 Å². The van der Waals surface area contributed by atoms with Crippen LogP contribution in [0.5, 0.6) is 0 Å². The van der Waals surface area contributed by atoms with Gasteiger partial charge in [0.25, 0.3) is 0 Å². The molecule has 2 aliphatic carbocycles. The molecule has 0 bridgehead atoms. The standard InChI is InChI=1S/C13H20N2S/c1-12(2)6-7-13(14,8-12)11-15-9-4-3-5-10(9)16-11/h3-8,14H2,1-2H3. The predicted octanol–water partition coefficient (Wildman–Crippen LogP) is 3.00. The molecule has 3 rings (SSSR count). The molecule has 3 heteroatoms. The molecule has 1 aromatic rings. The summed E-state index contributed by atoms with van der Waals surface area (Å²) in [4.78, 5) is 6.31. The molecule has 1 saturated carbocycles. The van der Waals surface area contributed by atoms with Crippen molar-refractivity contribution in [1.29, 1.82) is 0 Å². The van der Waals surface area contributed by atoms with Crippen LogP contribution in [0.25, 0.3) is 0 Å². The van der Waals surface area contributed by atoms with Gasteiger partial charge < -0.3 is 5.73 Å². The molecule has 88 valence electrons. The van der Waals surface area contributed by atoms with Gasteiger partial charge in [-0.05, 0) is 43.9 Å². The van der Waals surface area contributed by atoms with Crippen LogP contribution in [0.4, 0.5) is 0 Å². The topological polar surface area (TPSA) is 38.9 Å². The molecule has 1 aromatic heterocycles. The minimum atomic E-state index is -0.126. The molecule has 16 heavy (non-hydrogen) atoms. The molecule has 0 spiro atoms. The Bertz CT molecular complexity index is 400. The Balaban J connectivity index is 1.92. The molecule has 0 aromatic carbocycles. The van der Waals surface area contributed by atoms with E-state index in [0.717, 1.165) is 12.8 Å². The van der Waals surface area contributed by atoms with E-state index in [2.05, 4.69) is 13.8 Å². The quantitative estimate of drug-likeness (QED) is 0.814. The van der Waals surface area contributed by atoms with Crippen LogP contribution in [0, 0.1) is 5.41 Å². The van der Waals surface area contributed by atoms with E-state index in [4.69, 9.17) is 10.7 Å². The molecule has 0 radical (unpaired) electrons. The number of nitrogens with two attached hydrogens (primary N) is 1. The summed E-state index contributed by atoms with van der Waals surface area (Å²) in [5.41, 5.74) is 8.17. The van der Waals surface area contributed by atoms with Crippen molar-refractivity contribution in [2.75, 3.05) is 0 Å². The first-order valence-electron chi connectivity index (χ1n) is 6.27. The van der Waals surface area contributed by atoms with Crippen LogP contribution in [0.3, 0.4) is 0 Å². The number of nitrogens with zero attached hydrogens (tertiary/aromatic N) is 1. The third kappa shape index (κ3) is 1.61. The molecular weight excluding hydrogens is 216 g/mol. The summed E-state index contributed by atoms with van der Waals surface area (Å²) in [6.45, 7) is 4.64. The van der Waals surface area contributed by atoms with Gasteiger partial charge in [-0.2, -0.15) is 0 Å². The fraction of sp³-hybridized carbons (Fsp3) is 0.769. The SMILES string of the molecule is CC1(C)CCC(N)(c2nc3c(s2)CCC3)C1. The van der Waals surface area contributed by atoms with Gasteiger partial charge in [0.2, 0.25) is 0 Å². The van der Waals surface area contributed by atoms with Gasteiger partial charge in [-0.1, -0.05) is 13.8 Å². The average molecular weight is 236 g/mol. The average Bonchev–Trinajstić information content (AvgIpc) is 2.77. The van der Waals surface area contributed by atoms with Crippen molar-refractivity contribution in [3.63, 3.8) is 0 Å². The molecule has 1 atom stereocenters. The fourth-order valence-electron chi connectivity index (χ4n) is 3.18. The predicted molar refractivity (Wildman–Crippen MR) is 67.6 cm³/mol. The highest BCUT2D eigenvalue weighted by molar-refractivity contribution is 7.12. The van der Waals surface area contributed by atoms with Gasteiger partial charge in [-0.3, -0.25) is 0 Å². The molecule has 2 N–H and O–H groups in total. The summed E-state index contributed by atoms with van der Waals surface area (Å²) in [5.74, 6) is 0. The Morgan fingerprint density at radius 1 is 1.25 bits per heavy atom. The minimum absolute atomic E-state index is 0.126. The first-order valence-corrected chi connectivity index (χ1v) is 7.08. The normalized spacial score (nSPS) is 31.9. The number of aromatic nitrogens is 1. The maximum absolute atomic E-state index is 6.56. The van der Waals surface area contributed by atoms with Gasteiger partial charge in [0.05, 0.1) is 11.2 Å². The maximum atomic E-state index is 6.56. The summed E-state index contributed by atoms with van der Waals surface area (Å²) in [7, 11) is 0. The second kappa shape index (κ2) is 3.30. The lowest BCUT2D eigenvalue weighted by Gasteiger charge is -2.24.